The highest BCUT2D eigenvalue weighted by Gasteiger charge is 2.35. The van der Waals surface area contributed by atoms with Crippen molar-refractivity contribution in [2.24, 2.45) is 0 Å². The van der Waals surface area contributed by atoms with Crippen LogP contribution in [0.2, 0.25) is 0 Å². The van der Waals surface area contributed by atoms with Crippen molar-refractivity contribution in [1.82, 2.24) is 10.2 Å². The van der Waals surface area contributed by atoms with Gasteiger partial charge in [-0.05, 0) is 68.9 Å². The second-order valence-corrected chi connectivity index (χ2v) is 9.58. The van der Waals surface area contributed by atoms with Crippen molar-refractivity contribution in [3.63, 3.8) is 0 Å². The number of hydrogen-bond acceptors (Lipinski definition) is 5. The van der Waals surface area contributed by atoms with Crippen LogP contribution in [0.5, 0.6) is 0 Å². The minimum atomic E-state index is -0.775. The van der Waals surface area contributed by atoms with Crippen LogP contribution in [0.3, 0.4) is 0 Å². The maximum absolute atomic E-state index is 13.9. The Morgan fingerprint density at radius 3 is 2.43 bits per heavy atom. The van der Waals surface area contributed by atoms with Gasteiger partial charge in [0, 0.05) is 13.0 Å². The average Bonchev–Trinajstić information content (AvgIpc) is 2.83. The molecule has 1 heterocycles. The standard InChI is InChI=1S/C27H29FN4O3/c1-27(2,3)35-26(34)32-13-5-4-6-24(32)25(33)31-22(17-30)14-18-7-9-19(10-8-18)20-11-12-21(16-29)23(28)15-20/h7-12,15,22,24H,4-6,13-14H2,1-3H3,(H,31,33)/t22-,24-/m0/s1. The van der Waals surface area contributed by atoms with Crippen LogP contribution in [0.4, 0.5) is 9.18 Å². The van der Waals surface area contributed by atoms with Gasteiger partial charge >= 0.3 is 6.09 Å². The smallest absolute Gasteiger partial charge is 0.410 e. The molecule has 1 fully saturated rings. The first-order valence-electron chi connectivity index (χ1n) is 11.6. The summed E-state index contributed by atoms with van der Waals surface area (Å²) in [5.74, 6) is -0.948. The lowest BCUT2D eigenvalue weighted by molar-refractivity contribution is -0.128. The number of rotatable bonds is 5. The summed E-state index contributed by atoms with van der Waals surface area (Å²) in [6.45, 7) is 5.76. The number of piperidine rings is 1. The van der Waals surface area contributed by atoms with E-state index in [-0.39, 0.29) is 17.9 Å². The molecule has 0 aromatic heterocycles. The minimum absolute atomic E-state index is 0.0128. The molecule has 1 aliphatic rings. The third-order valence-corrected chi connectivity index (χ3v) is 5.72. The predicted octanol–water partition coefficient (Wildman–Crippen LogP) is 4.70. The molecule has 8 heteroatoms. The zero-order valence-electron chi connectivity index (χ0n) is 20.2. The molecular formula is C27H29FN4O3. The number of nitriles is 2. The van der Waals surface area contributed by atoms with Crippen LogP contribution in [0, 0.1) is 28.5 Å². The van der Waals surface area contributed by atoms with E-state index in [2.05, 4.69) is 11.4 Å². The first-order chi connectivity index (χ1) is 16.6. The maximum atomic E-state index is 13.9. The molecule has 182 valence electrons. The summed E-state index contributed by atoms with van der Waals surface area (Å²) in [4.78, 5) is 27.0. The number of nitrogens with one attached hydrogen (secondary N) is 1. The van der Waals surface area contributed by atoms with E-state index >= 15 is 0 Å². The maximum Gasteiger partial charge on any atom is 0.410 e. The Labute approximate surface area is 205 Å². The van der Waals surface area contributed by atoms with Gasteiger partial charge in [0.15, 0.2) is 0 Å². The topological polar surface area (TPSA) is 106 Å². The summed E-state index contributed by atoms with van der Waals surface area (Å²) in [7, 11) is 0. The van der Waals surface area contributed by atoms with Crippen molar-refractivity contribution >= 4 is 12.0 Å². The van der Waals surface area contributed by atoms with E-state index in [1.165, 1.54) is 17.0 Å². The predicted molar refractivity (Wildman–Crippen MR) is 128 cm³/mol. The van der Waals surface area contributed by atoms with Gasteiger partial charge in [-0.25, -0.2) is 9.18 Å². The van der Waals surface area contributed by atoms with Crippen molar-refractivity contribution in [3.8, 4) is 23.3 Å². The first-order valence-corrected chi connectivity index (χ1v) is 11.6. The molecule has 1 saturated heterocycles. The molecule has 35 heavy (non-hydrogen) atoms. The molecule has 3 rings (SSSR count). The molecule has 0 bridgehead atoms. The molecule has 7 nitrogen and oxygen atoms in total. The highest BCUT2D eigenvalue weighted by molar-refractivity contribution is 5.86. The van der Waals surface area contributed by atoms with E-state index in [0.717, 1.165) is 24.0 Å². The Morgan fingerprint density at radius 2 is 1.83 bits per heavy atom. The molecular weight excluding hydrogens is 447 g/mol. The molecule has 1 N–H and O–H groups in total. The number of carbonyl (C=O) groups is 2. The second-order valence-electron chi connectivity index (χ2n) is 9.58. The van der Waals surface area contributed by atoms with Gasteiger partial charge in [0.25, 0.3) is 0 Å². The van der Waals surface area contributed by atoms with E-state index in [0.29, 0.717) is 18.5 Å². The van der Waals surface area contributed by atoms with E-state index in [1.807, 2.05) is 12.1 Å². The zero-order chi connectivity index (χ0) is 25.6. The van der Waals surface area contributed by atoms with Crippen LogP contribution in [0.15, 0.2) is 42.5 Å². The number of hydrogen-bond donors (Lipinski definition) is 1. The number of carbonyl (C=O) groups excluding carboxylic acids is 2. The number of amides is 2. The van der Waals surface area contributed by atoms with Crippen LogP contribution in [0.1, 0.15) is 51.2 Å². The van der Waals surface area contributed by atoms with Crippen LogP contribution in [-0.4, -0.2) is 41.1 Å². The molecule has 0 unspecified atom stereocenters. The third-order valence-electron chi connectivity index (χ3n) is 5.72. The zero-order valence-corrected chi connectivity index (χ0v) is 20.2. The van der Waals surface area contributed by atoms with E-state index in [9.17, 15) is 19.2 Å². The van der Waals surface area contributed by atoms with E-state index < -0.39 is 29.6 Å². The quantitative estimate of drug-likeness (QED) is 0.673. The summed E-state index contributed by atoms with van der Waals surface area (Å²) < 4.78 is 19.4. The minimum Gasteiger partial charge on any atom is -0.444 e. The highest BCUT2D eigenvalue weighted by atomic mass is 19.1. The second kappa shape index (κ2) is 11.0. The van der Waals surface area contributed by atoms with Gasteiger partial charge in [-0.2, -0.15) is 10.5 Å². The van der Waals surface area contributed by atoms with Gasteiger partial charge in [-0.3, -0.25) is 9.69 Å². The lowest BCUT2D eigenvalue weighted by Gasteiger charge is -2.36. The van der Waals surface area contributed by atoms with Crippen molar-refractivity contribution in [1.29, 1.82) is 10.5 Å². The normalized spacial score (nSPS) is 16.5. The van der Waals surface area contributed by atoms with Crippen molar-refractivity contribution in [3.05, 3.63) is 59.4 Å². The number of halogens is 1. The Hall–Kier alpha value is -3.91. The molecule has 0 saturated carbocycles. The van der Waals surface area contributed by atoms with Gasteiger partial charge < -0.3 is 10.1 Å². The van der Waals surface area contributed by atoms with Crippen LogP contribution in [-0.2, 0) is 16.0 Å². The summed E-state index contributed by atoms with van der Waals surface area (Å²) in [6, 6.07) is 14.1. The van der Waals surface area contributed by atoms with Crippen molar-refractivity contribution < 1.29 is 18.7 Å². The third kappa shape index (κ3) is 6.80. The van der Waals surface area contributed by atoms with Crippen molar-refractivity contribution in [2.75, 3.05) is 6.54 Å². The number of likely N-dealkylation sites (tertiary alicyclic amines) is 1. The van der Waals surface area contributed by atoms with Crippen LogP contribution < -0.4 is 5.32 Å². The molecule has 2 aromatic carbocycles. The van der Waals surface area contributed by atoms with E-state index in [4.69, 9.17) is 10.00 Å². The van der Waals surface area contributed by atoms with Gasteiger partial charge in [0.05, 0.1) is 11.6 Å². The lowest BCUT2D eigenvalue weighted by Crippen LogP contribution is -2.54. The fourth-order valence-corrected chi connectivity index (χ4v) is 3.99. The summed E-state index contributed by atoms with van der Waals surface area (Å²) in [5, 5.41) is 21.3. The van der Waals surface area contributed by atoms with Gasteiger partial charge in [-0.1, -0.05) is 30.3 Å². The van der Waals surface area contributed by atoms with Gasteiger partial charge in [-0.15, -0.1) is 0 Å². The fraction of sp³-hybridized carbons (Fsp3) is 0.407. The van der Waals surface area contributed by atoms with E-state index in [1.54, 1.807) is 45.0 Å². The van der Waals surface area contributed by atoms with Crippen LogP contribution >= 0.6 is 0 Å². The Balaban J connectivity index is 1.65. The first kappa shape index (κ1) is 25.7. The summed E-state index contributed by atoms with van der Waals surface area (Å²) >= 11 is 0. The molecule has 0 radical (unpaired) electrons. The molecule has 2 aromatic rings. The largest absolute Gasteiger partial charge is 0.444 e. The Kier molecular flexibility index (Phi) is 8.09. The molecule has 0 spiro atoms. The summed E-state index contributed by atoms with van der Waals surface area (Å²) in [5.41, 5.74) is 1.55. The average molecular weight is 477 g/mol. The number of benzene rings is 2. The van der Waals surface area contributed by atoms with Crippen LogP contribution in [0.25, 0.3) is 11.1 Å². The summed E-state index contributed by atoms with van der Waals surface area (Å²) in [6.07, 6.45) is 1.87. The fourth-order valence-electron chi connectivity index (χ4n) is 3.99. The SMILES string of the molecule is CC(C)(C)OC(=O)N1CCCC[C@H]1C(=O)N[C@H](C#N)Cc1ccc(-c2ccc(C#N)c(F)c2)cc1. The number of ether oxygens (including phenoxy) is 1. The van der Waals surface area contributed by atoms with Gasteiger partial charge in [0.2, 0.25) is 5.91 Å². The molecule has 2 atom stereocenters. The Bertz CT molecular complexity index is 1160. The molecule has 2 amide bonds. The lowest BCUT2D eigenvalue weighted by atomic mass is 9.99. The monoisotopic (exact) mass is 476 g/mol. The Morgan fingerprint density at radius 1 is 1.14 bits per heavy atom. The van der Waals surface area contributed by atoms with Crippen molar-refractivity contribution in [2.45, 2.75) is 64.1 Å². The number of nitrogens with zero attached hydrogens (tertiary/aromatic N) is 3. The molecule has 0 aliphatic carbocycles. The molecule has 1 aliphatic heterocycles. The highest BCUT2D eigenvalue weighted by Crippen LogP contribution is 2.23. The van der Waals surface area contributed by atoms with Gasteiger partial charge in [0.1, 0.15) is 29.6 Å².